The largest absolute Gasteiger partial charge is 0.495 e. The molecule has 0 saturated carbocycles. The average molecular weight is 408 g/mol. The Balaban J connectivity index is 1.28. The first-order valence-electron chi connectivity index (χ1n) is 10.5. The summed E-state index contributed by atoms with van der Waals surface area (Å²) in [6.45, 7) is 3.41. The van der Waals surface area contributed by atoms with Gasteiger partial charge in [0.2, 0.25) is 0 Å². The number of piperidine rings is 1. The molecule has 6 nitrogen and oxygen atoms in total. The van der Waals surface area contributed by atoms with Gasteiger partial charge in [-0.05, 0) is 61.8 Å². The third kappa shape index (κ3) is 5.08. The van der Waals surface area contributed by atoms with E-state index in [9.17, 15) is 5.11 Å². The van der Waals surface area contributed by atoms with E-state index in [1.54, 1.807) is 19.6 Å². The van der Waals surface area contributed by atoms with Crippen LogP contribution in [0.5, 0.6) is 5.75 Å². The highest BCUT2D eigenvalue weighted by molar-refractivity contribution is 5.83. The number of pyridine rings is 1. The fourth-order valence-corrected chi connectivity index (χ4v) is 4.01. The molecular weight excluding hydrogens is 378 g/mol. The molecule has 2 aromatic heterocycles. The topological polar surface area (TPSA) is 70.8 Å². The van der Waals surface area contributed by atoms with Gasteiger partial charge in [0.15, 0.2) is 0 Å². The molecule has 2 N–H and O–H groups in total. The van der Waals surface area contributed by atoms with Crippen LogP contribution in [0, 0.1) is 0 Å². The summed E-state index contributed by atoms with van der Waals surface area (Å²) in [6, 6.07) is 12.2. The molecule has 158 valence electrons. The van der Waals surface area contributed by atoms with E-state index in [-0.39, 0.29) is 0 Å². The molecule has 0 amide bonds. The molecule has 0 spiro atoms. The summed E-state index contributed by atoms with van der Waals surface area (Å²) in [5.74, 6) is 1.58. The maximum atomic E-state index is 10.9. The Morgan fingerprint density at radius 3 is 2.93 bits per heavy atom. The number of nitrogens with zero attached hydrogens (tertiary/aromatic N) is 2. The summed E-state index contributed by atoms with van der Waals surface area (Å²) >= 11 is 0. The second-order valence-corrected chi connectivity index (χ2v) is 7.71. The minimum Gasteiger partial charge on any atom is -0.495 e. The molecule has 1 aliphatic rings. The number of β-amino-alcohol motifs (C(OH)–C–C–N with tert-alkyl or cyclic N) is 1. The fraction of sp³-hybridized carbons (Fsp3) is 0.375. The molecule has 1 fully saturated rings. The maximum absolute atomic E-state index is 10.9. The zero-order valence-corrected chi connectivity index (χ0v) is 17.3. The Labute approximate surface area is 177 Å². The zero-order chi connectivity index (χ0) is 20.8. The predicted molar refractivity (Wildman–Crippen MR) is 118 cm³/mol. The summed E-state index contributed by atoms with van der Waals surface area (Å²) in [5.41, 5.74) is 1.78. The van der Waals surface area contributed by atoms with Gasteiger partial charge in [0.05, 0.1) is 31.2 Å². The minimum atomic E-state index is -0.552. The van der Waals surface area contributed by atoms with Gasteiger partial charge >= 0.3 is 0 Å². The molecule has 4 rings (SSSR count). The van der Waals surface area contributed by atoms with Crippen LogP contribution in [0.1, 0.15) is 30.3 Å². The van der Waals surface area contributed by atoms with E-state index in [2.05, 4.69) is 21.3 Å². The molecule has 1 aromatic carbocycles. The van der Waals surface area contributed by atoms with Crippen molar-refractivity contribution in [2.24, 2.45) is 0 Å². The highest BCUT2D eigenvalue weighted by atomic mass is 16.5. The third-order valence-electron chi connectivity index (χ3n) is 5.70. The normalized spacial score (nSPS) is 17.0. The Morgan fingerprint density at radius 2 is 2.17 bits per heavy atom. The standard InChI is InChI=1S/C24H29N3O3/c1-29-20-15-22-21(7-2-8-23(22)26-16-20)24(28)17-27-12-9-18(10-13-27)25-11-3-5-19-6-4-14-30-19/h2-8,14-16,18,24-25,28H,9-13,17H2,1H3. The van der Waals surface area contributed by atoms with Crippen LogP contribution in [0.2, 0.25) is 0 Å². The number of methoxy groups -OCH3 is 1. The van der Waals surface area contributed by atoms with Gasteiger partial charge in [-0.2, -0.15) is 0 Å². The van der Waals surface area contributed by atoms with Gasteiger partial charge in [-0.15, -0.1) is 0 Å². The number of benzene rings is 1. The van der Waals surface area contributed by atoms with Gasteiger partial charge in [0.25, 0.3) is 0 Å². The van der Waals surface area contributed by atoms with Gasteiger partial charge in [-0.1, -0.05) is 18.2 Å². The molecule has 0 aliphatic carbocycles. The molecule has 1 atom stereocenters. The van der Waals surface area contributed by atoms with Gasteiger partial charge in [-0.25, -0.2) is 0 Å². The van der Waals surface area contributed by atoms with Crippen molar-refractivity contribution in [2.75, 3.05) is 33.3 Å². The number of aliphatic hydroxyl groups is 1. The van der Waals surface area contributed by atoms with Crippen LogP contribution in [-0.2, 0) is 0 Å². The monoisotopic (exact) mass is 407 g/mol. The van der Waals surface area contributed by atoms with Crippen molar-refractivity contribution in [1.29, 1.82) is 0 Å². The fourth-order valence-electron chi connectivity index (χ4n) is 4.01. The van der Waals surface area contributed by atoms with Crippen LogP contribution >= 0.6 is 0 Å². The number of aliphatic hydroxyl groups excluding tert-OH is 1. The van der Waals surface area contributed by atoms with Crippen molar-refractivity contribution in [2.45, 2.75) is 25.0 Å². The van der Waals surface area contributed by atoms with Crippen molar-refractivity contribution in [1.82, 2.24) is 15.2 Å². The summed E-state index contributed by atoms with van der Waals surface area (Å²) in [5, 5.41) is 15.5. The summed E-state index contributed by atoms with van der Waals surface area (Å²) in [7, 11) is 1.63. The second-order valence-electron chi connectivity index (χ2n) is 7.71. The van der Waals surface area contributed by atoms with Gasteiger partial charge in [-0.3, -0.25) is 4.98 Å². The molecule has 1 saturated heterocycles. The number of ether oxygens (including phenoxy) is 1. The summed E-state index contributed by atoms with van der Waals surface area (Å²) in [4.78, 5) is 6.78. The molecule has 3 heterocycles. The Morgan fingerprint density at radius 1 is 1.30 bits per heavy atom. The van der Waals surface area contributed by atoms with Crippen LogP contribution < -0.4 is 10.1 Å². The molecule has 0 radical (unpaired) electrons. The van der Waals surface area contributed by atoms with E-state index < -0.39 is 6.10 Å². The first-order valence-corrected chi connectivity index (χ1v) is 10.5. The van der Waals surface area contributed by atoms with Gasteiger partial charge < -0.3 is 24.5 Å². The lowest BCUT2D eigenvalue weighted by Crippen LogP contribution is -2.43. The van der Waals surface area contributed by atoms with Gasteiger partial charge in [0, 0.05) is 24.5 Å². The van der Waals surface area contributed by atoms with E-state index in [1.807, 2.05) is 42.5 Å². The Hall–Kier alpha value is -2.67. The Kier molecular flexibility index (Phi) is 6.79. The van der Waals surface area contributed by atoms with E-state index in [4.69, 9.17) is 9.15 Å². The number of aromatic nitrogens is 1. The maximum Gasteiger partial charge on any atom is 0.137 e. The van der Waals surface area contributed by atoms with Crippen LogP contribution in [-0.4, -0.2) is 54.3 Å². The number of nitrogens with one attached hydrogen (secondary N) is 1. The molecule has 6 heteroatoms. The Bertz CT molecular complexity index is 963. The summed E-state index contributed by atoms with van der Waals surface area (Å²) in [6.07, 6.45) is 9.08. The van der Waals surface area contributed by atoms with E-state index in [0.29, 0.717) is 18.3 Å². The van der Waals surface area contributed by atoms with Crippen LogP contribution in [0.15, 0.2) is 59.4 Å². The zero-order valence-electron chi connectivity index (χ0n) is 17.3. The first-order chi connectivity index (χ1) is 14.7. The number of hydrogen-bond acceptors (Lipinski definition) is 6. The molecule has 0 bridgehead atoms. The number of fused-ring (bicyclic) bond motifs is 1. The van der Waals surface area contributed by atoms with E-state index in [1.165, 1.54) is 0 Å². The third-order valence-corrected chi connectivity index (χ3v) is 5.70. The molecular formula is C24H29N3O3. The summed E-state index contributed by atoms with van der Waals surface area (Å²) < 4.78 is 10.6. The molecule has 3 aromatic rings. The van der Waals surface area contributed by atoms with Crippen LogP contribution in [0.25, 0.3) is 17.0 Å². The van der Waals surface area contributed by atoms with Crippen molar-refractivity contribution >= 4 is 17.0 Å². The number of furan rings is 1. The van der Waals surface area contributed by atoms with Crippen molar-refractivity contribution in [3.8, 4) is 5.75 Å². The van der Waals surface area contributed by atoms with Crippen molar-refractivity contribution < 1.29 is 14.3 Å². The average Bonchev–Trinajstić information content (AvgIpc) is 3.30. The highest BCUT2D eigenvalue weighted by Gasteiger charge is 2.22. The van der Waals surface area contributed by atoms with Crippen molar-refractivity contribution in [3.05, 3.63) is 66.3 Å². The molecule has 1 unspecified atom stereocenters. The second kappa shape index (κ2) is 9.89. The van der Waals surface area contributed by atoms with E-state index in [0.717, 1.165) is 54.7 Å². The SMILES string of the molecule is COc1cnc2cccc(C(O)CN3CCC(NCC=Cc4ccco4)CC3)c2c1. The molecule has 30 heavy (non-hydrogen) atoms. The first kappa shape index (κ1) is 20.6. The van der Waals surface area contributed by atoms with E-state index >= 15 is 0 Å². The smallest absolute Gasteiger partial charge is 0.137 e. The van der Waals surface area contributed by atoms with Crippen molar-refractivity contribution in [3.63, 3.8) is 0 Å². The minimum absolute atomic E-state index is 0.505. The van der Waals surface area contributed by atoms with Crippen LogP contribution in [0.4, 0.5) is 0 Å². The van der Waals surface area contributed by atoms with Crippen LogP contribution in [0.3, 0.4) is 0 Å². The number of hydrogen-bond donors (Lipinski definition) is 2. The lowest BCUT2D eigenvalue weighted by atomic mass is 10.0. The molecule has 1 aliphatic heterocycles. The number of likely N-dealkylation sites (tertiary alicyclic amines) is 1. The quantitative estimate of drug-likeness (QED) is 0.594. The lowest BCUT2D eigenvalue weighted by molar-refractivity contribution is 0.0955. The highest BCUT2D eigenvalue weighted by Crippen LogP contribution is 2.27. The predicted octanol–water partition coefficient (Wildman–Crippen LogP) is 3.64. The number of rotatable bonds is 8. The lowest BCUT2D eigenvalue weighted by Gasteiger charge is -2.33. The van der Waals surface area contributed by atoms with Gasteiger partial charge in [0.1, 0.15) is 11.5 Å².